The Balaban J connectivity index is 5.07. The molecule has 1 unspecified atom stereocenters. The monoisotopic (exact) mass is 320 g/mol. The number of carbonyl (C=O) groups is 4. The van der Waals surface area contributed by atoms with Gasteiger partial charge in [0.05, 0.1) is 0 Å². The van der Waals surface area contributed by atoms with Crippen LogP contribution in [0.25, 0.3) is 0 Å². The van der Waals surface area contributed by atoms with Gasteiger partial charge in [0.15, 0.2) is 12.2 Å². The molecule has 0 aromatic rings. The number of carbonyl (C=O) groups excluding carboxylic acids is 4. The molecule has 0 aliphatic rings. The van der Waals surface area contributed by atoms with Crippen molar-refractivity contribution in [1.29, 1.82) is 0 Å². The summed E-state index contributed by atoms with van der Waals surface area (Å²) in [5, 5.41) is 9.97. The number of aliphatic hydroxyl groups excluding tert-OH is 1. The zero-order valence-corrected chi connectivity index (χ0v) is 12.9. The van der Waals surface area contributed by atoms with Crippen LogP contribution < -0.4 is 0 Å². The summed E-state index contributed by atoms with van der Waals surface area (Å²) in [6.45, 7) is 3.55. The minimum Gasteiger partial charge on any atom is -0.463 e. The third-order valence-electron chi connectivity index (χ3n) is 2.27. The molecule has 0 aromatic carbocycles. The van der Waals surface area contributed by atoms with Crippen LogP contribution in [-0.4, -0.2) is 60.5 Å². The van der Waals surface area contributed by atoms with Crippen LogP contribution in [0, 0.1) is 0 Å². The van der Waals surface area contributed by atoms with Gasteiger partial charge in [-0.05, 0) is 0 Å². The standard InChI is InChI=1S/C13H20O9/c1-7(14)19-5-11(18)13(22-10(4)17)12(21-9(3)16)6-20-8(2)15/h11-13,18H,5-6H2,1-4H3/t11?,12-,13-/m1/s1. The Bertz CT molecular complexity index is 418. The average molecular weight is 320 g/mol. The summed E-state index contributed by atoms with van der Waals surface area (Å²) < 4.78 is 19.1. The van der Waals surface area contributed by atoms with Crippen LogP contribution in [0.1, 0.15) is 27.7 Å². The Kier molecular flexibility index (Phi) is 8.76. The molecule has 0 amide bonds. The fraction of sp³-hybridized carbons (Fsp3) is 0.692. The van der Waals surface area contributed by atoms with Crippen molar-refractivity contribution in [3.05, 3.63) is 0 Å². The second-order valence-corrected chi connectivity index (χ2v) is 4.39. The van der Waals surface area contributed by atoms with E-state index in [0.717, 1.165) is 27.7 Å². The summed E-state index contributed by atoms with van der Waals surface area (Å²) in [5.74, 6) is -2.78. The van der Waals surface area contributed by atoms with Gasteiger partial charge in [0.1, 0.15) is 19.3 Å². The van der Waals surface area contributed by atoms with Crippen molar-refractivity contribution in [1.82, 2.24) is 0 Å². The molecule has 0 heterocycles. The highest BCUT2D eigenvalue weighted by Gasteiger charge is 2.35. The Morgan fingerprint density at radius 1 is 0.773 bits per heavy atom. The molecule has 0 aliphatic carbocycles. The van der Waals surface area contributed by atoms with Crippen LogP contribution in [0.4, 0.5) is 0 Å². The maximum absolute atomic E-state index is 11.1. The molecule has 1 N–H and O–H groups in total. The zero-order valence-electron chi connectivity index (χ0n) is 12.9. The number of rotatable bonds is 8. The van der Waals surface area contributed by atoms with Crippen LogP contribution in [0.15, 0.2) is 0 Å². The topological polar surface area (TPSA) is 125 Å². The second kappa shape index (κ2) is 9.72. The van der Waals surface area contributed by atoms with E-state index in [4.69, 9.17) is 14.2 Å². The quantitative estimate of drug-likeness (QED) is 0.458. The minimum atomic E-state index is -1.47. The van der Waals surface area contributed by atoms with Crippen molar-refractivity contribution < 1.29 is 43.2 Å². The minimum absolute atomic E-state index is 0.427. The lowest BCUT2D eigenvalue weighted by Gasteiger charge is -2.29. The maximum Gasteiger partial charge on any atom is 0.303 e. The summed E-state index contributed by atoms with van der Waals surface area (Å²) >= 11 is 0. The lowest BCUT2D eigenvalue weighted by atomic mass is 10.1. The van der Waals surface area contributed by atoms with Crippen molar-refractivity contribution in [2.75, 3.05) is 13.2 Å². The predicted octanol–water partition coefficient (Wildman–Crippen LogP) is -0.663. The summed E-state index contributed by atoms with van der Waals surface area (Å²) in [7, 11) is 0. The van der Waals surface area contributed by atoms with Crippen LogP contribution in [0.2, 0.25) is 0 Å². The summed E-state index contributed by atoms with van der Waals surface area (Å²) in [5.41, 5.74) is 0. The first kappa shape index (κ1) is 19.8. The fourth-order valence-corrected chi connectivity index (χ4v) is 1.50. The fourth-order valence-electron chi connectivity index (χ4n) is 1.50. The molecule has 22 heavy (non-hydrogen) atoms. The van der Waals surface area contributed by atoms with E-state index >= 15 is 0 Å². The Hall–Kier alpha value is -2.16. The molecule has 0 saturated carbocycles. The SMILES string of the molecule is CC(=O)OCC(O)[C@@H](OC(C)=O)[C@@H](COC(C)=O)OC(C)=O. The number of aliphatic hydroxyl groups is 1. The molecule has 0 aromatic heterocycles. The first-order valence-electron chi connectivity index (χ1n) is 6.42. The van der Waals surface area contributed by atoms with Gasteiger partial charge in [0.25, 0.3) is 0 Å². The van der Waals surface area contributed by atoms with Crippen molar-refractivity contribution in [2.24, 2.45) is 0 Å². The number of hydrogen-bond acceptors (Lipinski definition) is 9. The van der Waals surface area contributed by atoms with E-state index in [0.29, 0.717) is 0 Å². The molecule has 0 bridgehead atoms. The molecule has 0 fully saturated rings. The average Bonchev–Trinajstić information content (AvgIpc) is 2.37. The van der Waals surface area contributed by atoms with Gasteiger partial charge >= 0.3 is 23.9 Å². The highest BCUT2D eigenvalue weighted by atomic mass is 16.6. The Morgan fingerprint density at radius 2 is 1.23 bits per heavy atom. The number of ether oxygens (including phenoxy) is 4. The van der Waals surface area contributed by atoms with Gasteiger partial charge in [0.2, 0.25) is 0 Å². The van der Waals surface area contributed by atoms with Crippen LogP contribution in [-0.2, 0) is 38.1 Å². The second-order valence-electron chi connectivity index (χ2n) is 4.39. The molecule has 9 heteroatoms. The van der Waals surface area contributed by atoms with Gasteiger partial charge in [0, 0.05) is 27.7 Å². The molecule has 3 atom stereocenters. The van der Waals surface area contributed by atoms with Gasteiger partial charge in [-0.15, -0.1) is 0 Å². The van der Waals surface area contributed by atoms with Gasteiger partial charge in [-0.2, -0.15) is 0 Å². The Morgan fingerprint density at radius 3 is 1.64 bits per heavy atom. The van der Waals surface area contributed by atoms with E-state index in [1.54, 1.807) is 0 Å². The molecular formula is C13H20O9. The van der Waals surface area contributed by atoms with Gasteiger partial charge in [-0.25, -0.2) is 0 Å². The van der Waals surface area contributed by atoms with Crippen molar-refractivity contribution in [3.63, 3.8) is 0 Å². The Labute approximate surface area is 127 Å². The first-order chi connectivity index (χ1) is 10.1. The number of esters is 4. The lowest BCUT2D eigenvalue weighted by molar-refractivity contribution is -0.186. The summed E-state index contributed by atoms with van der Waals surface area (Å²) in [6, 6.07) is 0. The predicted molar refractivity (Wildman–Crippen MR) is 70.4 cm³/mol. The van der Waals surface area contributed by atoms with E-state index in [1.165, 1.54) is 0 Å². The van der Waals surface area contributed by atoms with E-state index in [2.05, 4.69) is 4.74 Å². The zero-order chi connectivity index (χ0) is 17.3. The molecule has 0 saturated heterocycles. The molecule has 0 aliphatic heterocycles. The third-order valence-corrected chi connectivity index (χ3v) is 2.27. The van der Waals surface area contributed by atoms with E-state index in [9.17, 15) is 24.3 Å². The normalized spacial score (nSPS) is 14.2. The van der Waals surface area contributed by atoms with Crippen LogP contribution >= 0.6 is 0 Å². The van der Waals surface area contributed by atoms with Gasteiger partial charge < -0.3 is 24.1 Å². The highest BCUT2D eigenvalue weighted by Crippen LogP contribution is 2.12. The molecular weight excluding hydrogens is 300 g/mol. The van der Waals surface area contributed by atoms with Crippen LogP contribution in [0.5, 0.6) is 0 Å². The molecule has 0 rings (SSSR count). The molecule has 0 spiro atoms. The third kappa shape index (κ3) is 8.90. The molecule has 126 valence electrons. The smallest absolute Gasteiger partial charge is 0.303 e. The van der Waals surface area contributed by atoms with Crippen molar-refractivity contribution in [3.8, 4) is 0 Å². The van der Waals surface area contributed by atoms with E-state index < -0.39 is 55.4 Å². The number of hydrogen-bond donors (Lipinski definition) is 1. The maximum atomic E-state index is 11.1. The van der Waals surface area contributed by atoms with E-state index in [1.807, 2.05) is 0 Å². The highest BCUT2D eigenvalue weighted by molar-refractivity contribution is 5.68. The summed E-state index contributed by atoms with van der Waals surface area (Å²) in [6.07, 6.45) is -4.07. The van der Waals surface area contributed by atoms with Gasteiger partial charge in [-0.3, -0.25) is 19.2 Å². The first-order valence-corrected chi connectivity index (χ1v) is 6.42. The van der Waals surface area contributed by atoms with E-state index in [-0.39, 0.29) is 0 Å². The molecule has 9 nitrogen and oxygen atoms in total. The van der Waals surface area contributed by atoms with Crippen molar-refractivity contribution in [2.45, 2.75) is 46.0 Å². The van der Waals surface area contributed by atoms with Crippen molar-refractivity contribution >= 4 is 23.9 Å². The summed E-state index contributed by atoms with van der Waals surface area (Å²) in [4.78, 5) is 43.9. The molecule has 0 radical (unpaired) electrons. The van der Waals surface area contributed by atoms with Gasteiger partial charge in [-0.1, -0.05) is 0 Å². The van der Waals surface area contributed by atoms with Crippen LogP contribution in [0.3, 0.4) is 0 Å². The lowest BCUT2D eigenvalue weighted by Crippen LogP contribution is -2.47. The largest absolute Gasteiger partial charge is 0.463 e.